The third-order valence-electron chi connectivity index (χ3n) is 8.39. The van der Waals surface area contributed by atoms with Crippen molar-refractivity contribution in [2.75, 3.05) is 5.75 Å². The maximum absolute atomic E-state index is 14.0. The maximum atomic E-state index is 14.0. The van der Waals surface area contributed by atoms with Crippen molar-refractivity contribution < 1.29 is 14.4 Å². The first kappa shape index (κ1) is 23.7. The van der Waals surface area contributed by atoms with E-state index in [1.165, 1.54) is 11.1 Å². The molecule has 7 heteroatoms. The van der Waals surface area contributed by atoms with Gasteiger partial charge in [0.25, 0.3) is 0 Å². The molecule has 0 radical (unpaired) electrons. The molecule has 0 bridgehead atoms. The van der Waals surface area contributed by atoms with Crippen molar-refractivity contribution in [1.82, 2.24) is 15.5 Å². The van der Waals surface area contributed by atoms with Gasteiger partial charge in [0.05, 0.1) is 11.4 Å². The zero-order valence-corrected chi connectivity index (χ0v) is 21.2. The molecule has 1 spiro atoms. The molecule has 2 heterocycles. The Kier molecular flexibility index (Phi) is 6.66. The molecule has 1 saturated carbocycles. The Hall–Kier alpha value is -2.02. The molecule has 2 aliphatic heterocycles. The van der Waals surface area contributed by atoms with Crippen LogP contribution in [0.4, 0.5) is 0 Å². The first-order valence-electron chi connectivity index (χ1n) is 13.0. The molecule has 0 unspecified atom stereocenters. The molecular formula is C27H37N3O3S. The van der Waals surface area contributed by atoms with Crippen molar-refractivity contribution in [3.63, 3.8) is 0 Å². The molecule has 4 aliphatic rings. The summed E-state index contributed by atoms with van der Waals surface area (Å²) in [7, 11) is 0. The number of fused-ring (bicyclic) bond motifs is 2. The molecule has 6 nitrogen and oxygen atoms in total. The van der Waals surface area contributed by atoms with Crippen LogP contribution < -0.4 is 10.6 Å². The van der Waals surface area contributed by atoms with Crippen molar-refractivity contribution in [3.05, 3.63) is 35.4 Å². The predicted octanol–water partition coefficient (Wildman–Crippen LogP) is 3.95. The topological polar surface area (TPSA) is 78.5 Å². The summed E-state index contributed by atoms with van der Waals surface area (Å²) < 4.78 is 0. The van der Waals surface area contributed by atoms with Crippen LogP contribution in [0.1, 0.15) is 82.4 Å². The first-order valence-corrected chi connectivity index (χ1v) is 14.1. The van der Waals surface area contributed by atoms with E-state index >= 15 is 0 Å². The highest BCUT2D eigenvalue weighted by molar-refractivity contribution is 7.99. The number of aryl methyl sites for hydroxylation is 1. The summed E-state index contributed by atoms with van der Waals surface area (Å²) in [6.07, 6.45) is 8.76. The quantitative estimate of drug-likeness (QED) is 0.680. The average molecular weight is 484 g/mol. The van der Waals surface area contributed by atoms with Crippen LogP contribution in [0.15, 0.2) is 24.3 Å². The van der Waals surface area contributed by atoms with E-state index in [2.05, 4.69) is 28.8 Å². The molecule has 4 atom stereocenters. The number of hydrogen-bond acceptors (Lipinski definition) is 4. The third kappa shape index (κ3) is 4.25. The second-order valence-corrected chi connectivity index (χ2v) is 12.2. The molecule has 2 aliphatic carbocycles. The minimum Gasteiger partial charge on any atom is -0.347 e. The normalized spacial score (nSPS) is 30.1. The second kappa shape index (κ2) is 9.56. The third-order valence-corrected chi connectivity index (χ3v) is 9.64. The fourth-order valence-electron chi connectivity index (χ4n) is 6.64. The number of carbonyl (C=O) groups is 3. The number of hydrogen-bond donors (Lipinski definition) is 2. The summed E-state index contributed by atoms with van der Waals surface area (Å²) in [6.45, 7) is 3.69. The SMILES string of the molecule is CC(C)C(=O)N[C@H]1CCS[C@H]2CC3(CCCC3)[C@@H](C(=O)N[C@@H]3CCCc4ccccc43)N2C1=O. The lowest BCUT2D eigenvalue weighted by Gasteiger charge is -2.37. The van der Waals surface area contributed by atoms with E-state index in [0.29, 0.717) is 6.42 Å². The van der Waals surface area contributed by atoms with Crippen molar-refractivity contribution in [2.24, 2.45) is 11.3 Å². The van der Waals surface area contributed by atoms with Crippen molar-refractivity contribution >= 4 is 29.5 Å². The van der Waals surface area contributed by atoms with Gasteiger partial charge in [0.15, 0.2) is 0 Å². The van der Waals surface area contributed by atoms with Gasteiger partial charge in [-0.3, -0.25) is 14.4 Å². The Morgan fingerprint density at radius 3 is 2.59 bits per heavy atom. The molecule has 1 aromatic carbocycles. The average Bonchev–Trinajstić information content (AvgIpc) is 3.38. The number of benzene rings is 1. The van der Waals surface area contributed by atoms with Crippen molar-refractivity contribution in [2.45, 2.75) is 95.1 Å². The fraction of sp³-hybridized carbons (Fsp3) is 0.667. The highest BCUT2D eigenvalue weighted by Crippen LogP contribution is 2.55. The second-order valence-electron chi connectivity index (χ2n) is 10.9. The Morgan fingerprint density at radius 2 is 1.82 bits per heavy atom. The van der Waals surface area contributed by atoms with Crippen molar-refractivity contribution in [3.8, 4) is 0 Å². The minimum atomic E-state index is -0.547. The largest absolute Gasteiger partial charge is 0.347 e. The highest BCUT2D eigenvalue weighted by atomic mass is 32.2. The van der Waals surface area contributed by atoms with Crippen LogP contribution >= 0.6 is 11.8 Å². The van der Waals surface area contributed by atoms with Gasteiger partial charge in [-0.15, -0.1) is 11.8 Å². The van der Waals surface area contributed by atoms with E-state index in [-0.39, 0.29) is 40.5 Å². The van der Waals surface area contributed by atoms with Crippen LogP contribution in [-0.4, -0.2) is 45.8 Å². The number of nitrogens with zero attached hydrogens (tertiary/aromatic N) is 1. The van der Waals surface area contributed by atoms with Gasteiger partial charge in [-0.05, 0) is 61.8 Å². The maximum Gasteiger partial charge on any atom is 0.246 e. The lowest BCUT2D eigenvalue weighted by molar-refractivity contribution is -0.144. The Bertz CT molecular complexity index is 958. The summed E-state index contributed by atoms with van der Waals surface area (Å²) in [6, 6.07) is 7.41. The summed E-state index contributed by atoms with van der Waals surface area (Å²) in [5, 5.41) is 6.38. The molecule has 3 amide bonds. The molecule has 2 saturated heterocycles. The fourth-order valence-corrected chi connectivity index (χ4v) is 8.12. The summed E-state index contributed by atoms with van der Waals surface area (Å²) in [5.41, 5.74) is 2.39. The van der Waals surface area contributed by atoms with Crippen LogP contribution in [0.3, 0.4) is 0 Å². The van der Waals surface area contributed by atoms with Crippen molar-refractivity contribution in [1.29, 1.82) is 0 Å². The van der Waals surface area contributed by atoms with E-state index in [9.17, 15) is 14.4 Å². The predicted molar refractivity (Wildman–Crippen MR) is 134 cm³/mol. The van der Waals surface area contributed by atoms with Crippen LogP contribution in [0.5, 0.6) is 0 Å². The molecule has 2 N–H and O–H groups in total. The molecule has 0 aromatic heterocycles. The van der Waals surface area contributed by atoms with Crippen LogP contribution in [0.2, 0.25) is 0 Å². The first-order chi connectivity index (χ1) is 16.4. The summed E-state index contributed by atoms with van der Waals surface area (Å²) in [4.78, 5) is 42.2. The zero-order valence-electron chi connectivity index (χ0n) is 20.3. The molecule has 1 aromatic rings. The van der Waals surface area contributed by atoms with Crippen LogP contribution in [0.25, 0.3) is 0 Å². The summed E-state index contributed by atoms with van der Waals surface area (Å²) in [5.74, 6) is 0.463. The van der Waals surface area contributed by atoms with Gasteiger partial charge in [-0.1, -0.05) is 51.0 Å². The van der Waals surface area contributed by atoms with E-state index in [1.54, 1.807) is 11.8 Å². The molecule has 34 heavy (non-hydrogen) atoms. The van der Waals surface area contributed by atoms with Gasteiger partial charge in [0, 0.05) is 11.3 Å². The van der Waals surface area contributed by atoms with Gasteiger partial charge in [-0.25, -0.2) is 0 Å². The molecular weight excluding hydrogens is 446 g/mol. The highest BCUT2D eigenvalue weighted by Gasteiger charge is 2.59. The van der Waals surface area contributed by atoms with E-state index in [4.69, 9.17) is 0 Å². The number of rotatable bonds is 4. The number of carbonyl (C=O) groups excluding carboxylic acids is 3. The summed E-state index contributed by atoms with van der Waals surface area (Å²) >= 11 is 1.79. The van der Waals surface area contributed by atoms with Gasteiger partial charge < -0.3 is 15.5 Å². The zero-order chi connectivity index (χ0) is 23.9. The smallest absolute Gasteiger partial charge is 0.246 e. The van der Waals surface area contributed by atoms with Gasteiger partial charge in [-0.2, -0.15) is 0 Å². The van der Waals surface area contributed by atoms with Gasteiger partial charge >= 0.3 is 0 Å². The van der Waals surface area contributed by atoms with Crippen LogP contribution in [0, 0.1) is 11.3 Å². The monoisotopic (exact) mass is 483 g/mol. The standard InChI is InChI=1S/C27H37N3O3S/c1-17(2)24(31)29-21-12-15-34-22-16-27(13-5-6-14-27)23(30(22)26(21)33)25(32)28-20-11-7-9-18-8-3-4-10-19(18)20/h3-4,8,10,17,20-23H,5-7,9,11-16H2,1-2H3,(H,28,32)(H,29,31)/t20-,21+,22+,23-/m1/s1. The van der Waals surface area contributed by atoms with E-state index < -0.39 is 12.1 Å². The Labute approximate surface area is 207 Å². The number of amides is 3. The van der Waals surface area contributed by atoms with Gasteiger partial charge in [0.1, 0.15) is 12.1 Å². The molecule has 5 rings (SSSR count). The van der Waals surface area contributed by atoms with Gasteiger partial charge in [0.2, 0.25) is 17.7 Å². The lowest BCUT2D eigenvalue weighted by atomic mass is 9.77. The Morgan fingerprint density at radius 1 is 1.06 bits per heavy atom. The lowest BCUT2D eigenvalue weighted by Crippen LogP contribution is -2.57. The number of thioether (sulfide) groups is 1. The molecule has 184 valence electrons. The Balaban J connectivity index is 1.43. The minimum absolute atomic E-state index is 0.00104. The van der Waals surface area contributed by atoms with E-state index in [0.717, 1.165) is 57.1 Å². The molecule has 3 fully saturated rings. The van der Waals surface area contributed by atoms with E-state index in [1.807, 2.05) is 24.8 Å². The van der Waals surface area contributed by atoms with Crippen LogP contribution in [-0.2, 0) is 20.8 Å². The number of nitrogens with one attached hydrogen (secondary N) is 2.